The average Bonchev–Trinajstić information content (AvgIpc) is 2.57. The molecule has 0 fully saturated rings. The highest BCUT2D eigenvalue weighted by atomic mass is 16.5. The molecule has 1 aliphatic rings. The summed E-state index contributed by atoms with van der Waals surface area (Å²) in [5.41, 5.74) is 1.64. The molecule has 1 heterocycles. The van der Waals surface area contributed by atoms with Crippen LogP contribution in [0, 0.1) is 0 Å². The number of carbonyl (C=O) groups is 2. The maximum absolute atomic E-state index is 12.9. The number of benzene rings is 2. The molecule has 1 amide bonds. The van der Waals surface area contributed by atoms with Crippen LogP contribution in [0.5, 0.6) is 11.5 Å². The number of nitrogens with one attached hydrogen (secondary N) is 1. The molecule has 0 saturated heterocycles. The van der Waals surface area contributed by atoms with Gasteiger partial charge in [-0.2, -0.15) is 0 Å². The van der Waals surface area contributed by atoms with E-state index in [0.717, 1.165) is 11.1 Å². The van der Waals surface area contributed by atoms with Crippen LogP contribution in [0.4, 0.5) is 0 Å². The summed E-state index contributed by atoms with van der Waals surface area (Å²) in [4.78, 5) is 23.6. The number of carboxylic acids is 1. The normalized spacial score (nSPS) is 14.0. The van der Waals surface area contributed by atoms with Gasteiger partial charge in [0.2, 0.25) is 5.91 Å². The predicted molar refractivity (Wildman–Crippen MR) is 89.3 cm³/mol. The predicted octanol–water partition coefficient (Wildman–Crippen LogP) is 3.29. The summed E-state index contributed by atoms with van der Waals surface area (Å²) in [7, 11) is 0. The molecule has 24 heavy (non-hydrogen) atoms. The van der Waals surface area contributed by atoms with Gasteiger partial charge in [0.25, 0.3) is 0 Å². The van der Waals surface area contributed by atoms with Gasteiger partial charge in [0.15, 0.2) is 0 Å². The first-order chi connectivity index (χ1) is 11.6. The number of ether oxygens (including phenoxy) is 1. The van der Waals surface area contributed by atoms with Crippen molar-refractivity contribution in [2.24, 2.45) is 0 Å². The minimum atomic E-state index is -0.863. The van der Waals surface area contributed by atoms with E-state index in [-0.39, 0.29) is 18.4 Å². The molecule has 0 aromatic heterocycles. The Hall–Kier alpha value is -2.82. The minimum absolute atomic E-state index is 0.0302. The van der Waals surface area contributed by atoms with Gasteiger partial charge in [-0.05, 0) is 25.5 Å². The van der Waals surface area contributed by atoms with Crippen LogP contribution in [0.15, 0.2) is 48.5 Å². The molecule has 1 unspecified atom stereocenters. The molecule has 5 nitrogen and oxygen atoms in total. The van der Waals surface area contributed by atoms with Gasteiger partial charge in [-0.3, -0.25) is 9.59 Å². The standard InChI is InChI=1S/C19H19NO4/c1-12(10-11-17(21)22)20-19(23)18-13-6-2-4-8-15(13)24-16-9-5-3-7-14(16)18/h2-9,12,18H,10-11H2,1H3,(H,20,23)(H,21,22). The second kappa shape index (κ2) is 6.74. The maximum atomic E-state index is 12.9. The van der Waals surface area contributed by atoms with Crippen LogP contribution in [0.2, 0.25) is 0 Å². The Balaban J connectivity index is 1.87. The van der Waals surface area contributed by atoms with E-state index in [2.05, 4.69) is 5.32 Å². The van der Waals surface area contributed by atoms with Crippen molar-refractivity contribution in [3.05, 3.63) is 59.7 Å². The Morgan fingerprint density at radius 3 is 2.17 bits per heavy atom. The topological polar surface area (TPSA) is 75.6 Å². The van der Waals surface area contributed by atoms with Crippen molar-refractivity contribution in [1.29, 1.82) is 0 Å². The molecule has 3 rings (SSSR count). The highest BCUT2D eigenvalue weighted by molar-refractivity contribution is 5.89. The molecule has 0 spiro atoms. The Bertz CT molecular complexity index is 726. The van der Waals surface area contributed by atoms with Crippen LogP contribution >= 0.6 is 0 Å². The Morgan fingerprint density at radius 2 is 1.62 bits per heavy atom. The molecule has 2 aromatic carbocycles. The van der Waals surface area contributed by atoms with Crippen LogP contribution in [-0.2, 0) is 9.59 Å². The molecule has 0 aliphatic carbocycles. The first-order valence-electron chi connectivity index (χ1n) is 7.94. The number of rotatable bonds is 5. The van der Waals surface area contributed by atoms with Crippen LogP contribution < -0.4 is 10.1 Å². The largest absolute Gasteiger partial charge is 0.481 e. The zero-order valence-electron chi connectivity index (χ0n) is 13.4. The lowest BCUT2D eigenvalue weighted by atomic mass is 9.87. The van der Waals surface area contributed by atoms with E-state index >= 15 is 0 Å². The van der Waals surface area contributed by atoms with Crippen molar-refractivity contribution in [2.45, 2.75) is 31.7 Å². The zero-order valence-corrected chi connectivity index (χ0v) is 13.4. The fourth-order valence-electron chi connectivity index (χ4n) is 2.93. The second-order valence-corrected chi connectivity index (χ2v) is 5.95. The fourth-order valence-corrected chi connectivity index (χ4v) is 2.93. The molecular formula is C19H19NO4. The highest BCUT2D eigenvalue weighted by Crippen LogP contribution is 2.43. The molecule has 0 bridgehead atoms. The van der Waals surface area contributed by atoms with Crippen LogP contribution in [0.25, 0.3) is 0 Å². The quantitative estimate of drug-likeness (QED) is 0.884. The van der Waals surface area contributed by atoms with E-state index in [4.69, 9.17) is 9.84 Å². The van der Waals surface area contributed by atoms with Crippen molar-refractivity contribution in [3.8, 4) is 11.5 Å². The minimum Gasteiger partial charge on any atom is -0.481 e. The lowest BCUT2D eigenvalue weighted by Crippen LogP contribution is -2.37. The molecule has 1 atom stereocenters. The summed E-state index contributed by atoms with van der Waals surface area (Å²) < 4.78 is 5.88. The summed E-state index contributed by atoms with van der Waals surface area (Å²) in [5.74, 6) is -0.114. The molecule has 2 aromatic rings. The number of aliphatic carboxylic acids is 1. The van der Waals surface area contributed by atoms with E-state index in [1.807, 2.05) is 55.5 Å². The first-order valence-corrected chi connectivity index (χ1v) is 7.94. The lowest BCUT2D eigenvalue weighted by Gasteiger charge is -2.28. The monoisotopic (exact) mass is 325 g/mol. The third-order valence-corrected chi connectivity index (χ3v) is 4.12. The van der Waals surface area contributed by atoms with Gasteiger partial charge < -0.3 is 15.2 Å². The first kappa shape index (κ1) is 16.1. The van der Waals surface area contributed by atoms with E-state index in [9.17, 15) is 9.59 Å². The Kier molecular flexibility index (Phi) is 4.51. The fraction of sp³-hybridized carbons (Fsp3) is 0.263. The summed E-state index contributed by atoms with van der Waals surface area (Å²) >= 11 is 0. The number of amides is 1. The third kappa shape index (κ3) is 3.25. The van der Waals surface area contributed by atoms with Crippen molar-refractivity contribution in [3.63, 3.8) is 0 Å². The molecule has 2 N–H and O–H groups in total. The van der Waals surface area contributed by atoms with Crippen molar-refractivity contribution < 1.29 is 19.4 Å². The van der Waals surface area contributed by atoms with E-state index in [1.54, 1.807) is 0 Å². The Labute approximate surface area is 140 Å². The van der Waals surface area contributed by atoms with Gasteiger partial charge >= 0.3 is 5.97 Å². The number of para-hydroxylation sites is 2. The van der Waals surface area contributed by atoms with Crippen molar-refractivity contribution in [2.75, 3.05) is 0 Å². The molecule has 0 saturated carbocycles. The van der Waals surface area contributed by atoms with E-state index in [0.29, 0.717) is 17.9 Å². The number of carboxylic acid groups (broad SMARTS) is 1. The Morgan fingerprint density at radius 1 is 1.08 bits per heavy atom. The smallest absolute Gasteiger partial charge is 0.303 e. The van der Waals surface area contributed by atoms with Crippen LogP contribution in [0.1, 0.15) is 36.8 Å². The summed E-state index contributed by atoms with van der Waals surface area (Å²) in [6.07, 6.45) is 0.427. The van der Waals surface area contributed by atoms with E-state index in [1.165, 1.54) is 0 Å². The SMILES string of the molecule is CC(CCC(=O)O)NC(=O)C1c2ccccc2Oc2ccccc21. The van der Waals surface area contributed by atoms with Gasteiger partial charge in [0.1, 0.15) is 11.5 Å². The number of carbonyl (C=O) groups excluding carboxylic acids is 1. The van der Waals surface area contributed by atoms with Gasteiger partial charge in [-0.25, -0.2) is 0 Å². The van der Waals surface area contributed by atoms with Gasteiger partial charge in [0, 0.05) is 23.6 Å². The second-order valence-electron chi connectivity index (χ2n) is 5.95. The third-order valence-electron chi connectivity index (χ3n) is 4.12. The van der Waals surface area contributed by atoms with Crippen molar-refractivity contribution >= 4 is 11.9 Å². The van der Waals surface area contributed by atoms with Gasteiger partial charge in [-0.15, -0.1) is 0 Å². The molecule has 1 aliphatic heterocycles. The van der Waals surface area contributed by atoms with Crippen LogP contribution in [0.3, 0.4) is 0 Å². The number of fused-ring (bicyclic) bond motifs is 2. The molecule has 124 valence electrons. The molecule has 5 heteroatoms. The number of hydrogen-bond donors (Lipinski definition) is 2. The van der Waals surface area contributed by atoms with E-state index < -0.39 is 11.9 Å². The van der Waals surface area contributed by atoms with Crippen LogP contribution in [-0.4, -0.2) is 23.0 Å². The summed E-state index contributed by atoms with van der Waals surface area (Å²) in [6.45, 7) is 1.82. The van der Waals surface area contributed by atoms with Gasteiger partial charge in [-0.1, -0.05) is 36.4 Å². The maximum Gasteiger partial charge on any atom is 0.303 e. The molecular weight excluding hydrogens is 306 g/mol. The zero-order chi connectivity index (χ0) is 17.1. The number of hydrogen-bond acceptors (Lipinski definition) is 3. The average molecular weight is 325 g/mol. The van der Waals surface area contributed by atoms with Crippen molar-refractivity contribution in [1.82, 2.24) is 5.32 Å². The lowest BCUT2D eigenvalue weighted by molar-refractivity contribution is -0.137. The summed E-state index contributed by atoms with van der Waals surface area (Å²) in [5, 5.41) is 11.7. The highest BCUT2D eigenvalue weighted by Gasteiger charge is 2.32. The summed E-state index contributed by atoms with van der Waals surface area (Å²) in [6, 6.07) is 14.8. The van der Waals surface area contributed by atoms with Gasteiger partial charge in [0.05, 0.1) is 5.92 Å². The molecule has 0 radical (unpaired) electrons.